The van der Waals surface area contributed by atoms with Crippen LogP contribution in [0.5, 0.6) is 23.0 Å². The Kier molecular flexibility index (Phi) is 13.6. The SMILES string of the molecule is COc1cc2c(C)cc1CS(=O)Cc1cc(OC)c(cc1C)CS(=O)Cc1cc(C)c(cc1OC)C[S@@](=O)Cc1cc(C)c(cc1OC)CS(=O)C2. The maximum atomic E-state index is 13.6. The molecule has 52 heavy (non-hydrogen) atoms. The van der Waals surface area contributed by atoms with Crippen LogP contribution in [0, 0.1) is 27.7 Å². The zero-order chi connectivity index (χ0) is 37.7. The molecule has 280 valence electrons. The molecule has 0 saturated heterocycles. The number of ether oxygens (including phenoxy) is 4. The fourth-order valence-electron chi connectivity index (χ4n) is 6.58. The number of methoxy groups -OCH3 is 4. The Labute approximate surface area is 317 Å². The minimum atomic E-state index is -1.29. The van der Waals surface area contributed by atoms with E-state index in [0.717, 1.165) is 66.8 Å². The third-order valence-corrected chi connectivity index (χ3v) is 14.6. The fourth-order valence-corrected chi connectivity index (χ4v) is 11.9. The van der Waals surface area contributed by atoms with Gasteiger partial charge in [0, 0.05) is 88.5 Å². The molecule has 12 heteroatoms. The predicted octanol–water partition coefficient (Wildman–Crippen LogP) is 7.06. The zero-order valence-corrected chi connectivity index (χ0v) is 34.4. The monoisotopic (exact) mass is 784 g/mol. The number of aryl methyl sites for hydroxylation is 4. The molecule has 4 aromatic rings. The van der Waals surface area contributed by atoms with Crippen LogP contribution >= 0.6 is 0 Å². The van der Waals surface area contributed by atoms with Gasteiger partial charge in [-0.25, -0.2) is 0 Å². The zero-order valence-electron chi connectivity index (χ0n) is 31.2. The van der Waals surface area contributed by atoms with Gasteiger partial charge in [-0.05, 0) is 96.5 Å². The van der Waals surface area contributed by atoms with E-state index in [1.807, 2.05) is 76.2 Å². The second-order valence-electron chi connectivity index (χ2n) is 13.3. The molecule has 8 bridgehead atoms. The molecule has 0 amide bonds. The summed E-state index contributed by atoms with van der Waals surface area (Å²) in [4.78, 5) is 0. The van der Waals surface area contributed by atoms with Gasteiger partial charge in [-0.2, -0.15) is 0 Å². The Hall–Kier alpha value is -3.32. The largest absolute Gasteiger partial charge is 0.496 e. The molecule has 0 saturated carbocycles. The Morgan fingerprint density at radius 2 is 0.500 bits per heavy atom. The van der Waals surface area contributed by atoms with E-state index in [1.165, 1.54) is 0 Å². The molecule has 10 aliphatic rings. The lowest BCUT2D eigenvalue weighted by molar-refractivity contribution is 0.410. The van der Waals surface area contributed by atoms with Crippen LogP contribution in [-0.2, 0) is 89.2 Å². The molecule has 4 aromatic carbocycles. The van der Waals surface area contributed by atoms with E-state index in [2.05, 4.69) is 0 Å². The van der Waals surface area contributed by atoms with E-state index in [1.54, 1.807) is 28.4 Å². The van der Waals surface area contributed by atoms with Crippen LogP contribution in [0.4, 0.5) is 0 Å². The fraction of sp³-hybridized carbons (Fsp3) is 0.400. The average Bonchev–Trinajstić information content (AvgIpc) is 3.08. The van der Waals surface area contributed by atoms with Crippen molar-refractivity contribution >= 4 is 43.2 Å². The number of hydrogen-bond acceptors (Lipinski definition) is 8. The van der Waals surface area contributed by atoms with Crippen LogP contribution in [0.15, 0.2) is 48.5 Å². The molecule has 8 nitrogen and oxygen atoms in total. The van der Waals surface area contributed by atoms with Crippen molar-refractivity contribution in [1.29, 1.82) is 0 Å². The van der Waals surface area contributed by atoms with Crippen molar-refractivity contribution in [3.05, 3.63) is 115 Å². The van der Waals surface area contributed by atoms with E-state index in [9.17, 15) is 16.8 Å². The molecule has 0 N–H and O–H groups in total. The number of rotatable bonds is 4. The van der Waals surface area contributed by atoms with Crippen molar-refractivity contribution in [3.8, 4) is 23.0 Å². The smallest absolute Gasteiger partial charge is 0.123 e. The van der Waals surface area contributed by atoms with E-state index in [4.69, 9.17) is 18.9 Å². The molecule has 0 radical (unpaired) electrons. The molecule has 14 rings (SSSR count). The van der Waals surface area contributed by atoms with Crippen LogP contribution in [-0.4, -0.2) is 45.3 Å². The molecule has 3 unspecified atom stereocenters. The molecule has 4 atom stereocenters. The summed E-state index contributed by atoms with van der Waals surface area (Å²) in [5, 5.41) is 0. The maximum absolute atomic E-state index is 13.6. The summed E-state index contributed by atoms with van der Waals surface area (Å²) < 4.78 is 77.3. The molecular weight excluding hydrogens is 737 g/mol. The first-order valence-corrected chi connectivity index (χ1v) is 22.8. The lowest BCUT2D eigenvalue weighted by Crippen LogP contribution is -2.09. The highest BCUT2D eigenvalue weighted by atomic mass is 32.2. The van der Waals surface area contributed by atoms with Gasteiger partial charge < -0.3 is 18.9 Å². The normalized spacial score (nSPS) is 20.0. The second kappa shape index (κ2) is 17.7. The van der Waals surface area contributed by atoms with Crippen molar-refractivity contribution in [2.75, 3.05) is 28.4 Å². The van der Waals surface area contributed by atoms with Crippen LogP contribution in [0.1, 0.15) is 66.8 Å². The van der Waals surface area contributed by atoms with Crippen molar-refractivity contribution < 1.29 is 35.8 Å². The quantitative estimate of drug-likeness (QED) is 0.217. The van der Waals surface area contributed by atoms with Gasteiger partial charge in [-0.3, -0.25) is 16.8 Å². The van der Waals surface area contributed by atoms with E-state index < -0.39 is 43.2 Å². The Morgan fingerprint density at radius 1 is 0.327 bits per heavy atom. The first-order valence-electron chi connectivity index (χ1n) is 16.9. The maximum Gasteiger partial charge on any atom is 0.123 e. The lowest BCUT2D eigenvalue weighted by Gasteiger charge is -2.17. The molecule has 0 aliphatic carbocycles. The highest BCUT2D eigenvalue weighted by Crippen LogP contribution is 2.33. The van der Waals surface area contributed by atoms with Gasteiger partial charge in [0.1, 0.15) is 23.0 Å². The van der Waals surface area contributed by atoms with Gasteiger partial charge in [0.15, 0.2) is 0 Å². The molecule has 0 fully saturated rings. The summed E-state index contributed by atoms with van der Waals surface area (Å²) in [5.74, 6) is 4.85. The van der Waals surface area contributed by atoms with E-state index >= 15 is 0 Å². The standard InChI is InChI=1S/C40H48O8S4/c1-25-9-33-21-50(42)19-31-15-39(47-7)35(11-27(31)3)23-52(44)24-36-12-28(4)32(16-40(36)48-8)20-51(43)22-34-10-26(2)30(14-38(34)46-6)18-49(41)17-29(25)13-37(33)45-5/h9-16H,17-24H2,1-8H3/t49?,50-,51?,52?/m1/s1. The van der Waals surface area contributed by atoms with Crippen LogP contribution in [0.3, 0.4) is 0 Å². The first kappa shape index (κ1) is 39.9. The van der Waals surface area contributed by atoms with Crippen molar-refractivity contribution in [3.63, 3.8) is 0 Å². The molecule has 0 aromatic heterocycles. The molecule has 10 heterocycles. The van der Waals surface area contributed by atoms with Gasteiger partial charge in [0.2, 0.25) is 0 Å². The molecule has 0 spiro atoms. The molecular formula is C40H48O8S4. The summed E-state index contributed by atoms with van der Waals surface area (Å²) >= 11 is 0. The summed E-state index contributed by atoms with van der Waals surface area (Å²) in [6.45, 7) is 7.89. The van der Waals surface area contributed by atoms with Gasteiger partial charge >= 0.3 is 0 Å². The van der Waals surface area contributed by atoms with E-state index in [0.29, 0.717) is 46.0 Å². The van der Waals surface area contributed by atoms with Gasteiger partial charge in [0.05, 0.1) is 51.5 Å². The first-order chi connectivity index (χ1) is 24.8. The van der Waals surface area contributed by atoms with Crippen molar-refractivity contribution in [2.45, 2.75) is 73.7 Å². The van der Waals surface area contributed by atoms with Gasteiger partial charge in [-0.15, -0.1) is 0 Å². The highest BCUT2D eigenvalue weighted by Gasteiger charge is 2.20. The summed E-state index contributed by atoms with van der Waals surface area (Å²) in [6.07, 6.45) is 0. The van der Waals surface area contributed by atoms with Crippen molar-refractivity contribution in [2.24, 2.45) is 0 Å². The Balaban J connectivity index is 1.53. The Morgan fingerprint density at radius 3 is 0.673 bits per heavy atom. The number of benzene rings is 4. The van der Waals surface area contributed by atoms with E-state index in [-0.39, 0.29) is 23.0 Å². The Bertz CT molecular complexity index is 1930. The minimum absolute atomic E-state index is 0.273. The number of hydrogen-bond donors (Lipinski definition) is 0. The summed E-state index contributed by atoms with van der Waals surface area (Å²) in [5.41, 5.74) is 10.7. The minimum Gasteiger partial charge on any atom is -0.496 e. The highest BCUT2D eigenvalue weighted by molar-refractivity contribution is 7.84. The lowest BCUT2D eigenvalue weighted by atomic mass is 10.1. The van der Waals surface area contributed by atoms with Crippen LogP contribution < -0.4 is 18.9 Å². The summed E-state index contributed by atoms with van der Waals surface area (Å²) in [7, 11) is 1.30. The van der Waals surface area contributed by atoms with Crippen molar-refractivity contribution in [1.82, 2.24) is 0 Å². The van der Waals surface area contributed by atoms with Gasteiger partial charge in [-0.1, -0.05) is 24.3 Å². The van der Waals surface area contributed by atoms with Crippen LogP contribution in [0.2, 0.25) is 0 Å². The second-order valence-corrected chi connectivity index (χ2v) is 19.1. The summed E-state index contributed by atoms with van der Waals surface area (Å²) in [6, 6.07) is 15.5. The third kappa shape index (κ3) is 9.61. The molecule has 10 aliphatic heterocycles. The third-order valence-electron chi connectivity index (χ3n) is 9.49. The van der Waals surface area contributed by atoms with Crippen LogP contribution in [0.25, 0.3) is 0 Å². The topological polar surface area (TPSA) is 105 Å². The van der Waals surface area contributed by atoms with Gasteiger partial charge in [0.25, 0.3) is 0 Å². The average molecular weight is 785 g/mol. The predicted molar refractivity (Wildman–Crippen MR) is 213 cm³/mol.